The van der Waals surface area contributed by atoms with Crippen molar-refractivity contribution in [1.82, 2.24) is 4.98 Å². The van der Waals surface area contributed by atoms with Gasteiger partial charge in [0, 0.05) is 0 Å². The minimum atomic E-state index is -5.05. The molecule has 94 valence electrons. The lowest BCUT2D eigenvalue weighted by Crippen LogP contribution is -2.19. The van der Waals surface area contributed by atoms with Gasteiger partial charge in [0.2, 0.25) is 0 Å². The third kappa shape index (κ3) is 3.57. The molecule has 0 aliphatic rings. The summed E-state index contributed by atoms with van der Waals surface area (Å²) < 4.78 is 44.1. The fourth-order valence-corrected chi connectivity index (χ4v) is 1.50. The second kappa shape index (κ2) is 4.89. The summed E-state index contributed by atoms with van der Waals surface area (Å²) in [4.78, 5) is 12.8. The first-order chi connectivity index (χ1) is 7.74. The zero-order valence-corrected chi connectivity index (χ0v) is 10.3. The summed E-state index contributed by atoms with van der Waals surface area (Å²) in [5.74, 6) is -1.13. The largest absolute Gasteiger partial charge is 0.574 e. The monoisotopic (exact) mass is 364 g/mol. The Morgan fingerprint density at radius 1 is 1.53 bits per heavy atom. The maximum absolute atomic E-state index is 12.0. The third-order valence-electron chi connectivity index (χ3n) is 1.52. The molecule has 10 heteroatoms. The van der Waals surface area contributed by atoms with Gasteiger partial charge in [-0.15, -0.1) is 13.2 Å². The number of nitro groups is 1. The number of alkyl halides is 3. The lowest BCUT2D eigenvalue weighted by Gasteiger charge is -2.09. The Hall–Kier alpha value is -1.33. The number of rotatable bonds is 3. The van der Waals surface area contributed by atoms with Gasteiger partial charge in [-0.25, -0.2) is 0 Å². The molecule has 0 aliphatic carbocycles. The van der Waals surface area contributed by atoms with Gasteiger partial charge in [-0.3, -0.25) is 10.1 Å². The van der Waals surface area contributed by atoms with Crippen LogP contribution in [0, 0.1) is 13.8 Å². The first-order valence-electron chi connectivity index (χ1n) is 3.89. The first kappa shape index (κ1) is 13.7. The summed E-state index contributed by atoms with van der Waals surface area (Å²) in [6, 6.07) is 0.815. The van der Waals surface area contributed by atoms with Crippen molar-refractivity contribution in [3.05, 3.63) is 19.9 Å². The molecule has 0 saturated heterocycles. The van der Waals surface area contributed by atoms with Crippen LogP contribution in [0.5, 0.6) is 11.6 Å². The summed E-state index contributed by atoms with van der Waals surface area (Å²) in [6.45, 7) is 0. The van der Waals surface area contributed by atoms with Crippen molar-refractivity contribution in [2.45, 2.75) is 6.36 Å². The topological polar surface area (TPSA) is 74.5 Å². The van der Waals surface area contributed by atoms with Gasteiger partial charge in [0.1, 0.15) is 3.70 Å². The Morgan fingerprint density at radius 3 is 2.53 bits per heavy atom. The van der Waals surface area contributed by atoms with E-state index < -0.39 is 22.9 Å². The molecule has 6 nitrogen and oxygen atoms in total. The molecule has 0 aromatic carbocycles. The molecule has 0 bridgehead atoms. The molecule has 1 aromatic rings. The van der Waals surface area contributed by atoms with Crippen LogP contribution in [0.3, 0.4) is 0 Å². The lowest BCUT2D eigenvalue weighted by molar-refractivity contribution is -0.389. The molecule has 0 radical (unpaired) electrons. The average Bonchev–Trinajstić information content (AvgIpc) is 2.14. The van der Waals surface area contributed by atoms with Crippen LogP contribution in [0.1, 0.15) is 0 Å². The number of hydrogen-bond acceptors (Lipinski definition) is 5. The molecule has 1 rings (SSSR count). The molecule has 0 spiro atoms. The number of ether oxygens (including phenoxy) is 2. The Bertz CT molecular complexity index is 451. The van der Waals surface area contributed by atoms with E-state index in [1.807, 2.05) is 0 Å². The summed E-state index contributed by atoms with van der Waals surface area (Å²) in [5, 5.41) is 10.5. The van der Waals surface area contributed by atoms with Crippen LogP contribution in [0.4, 0.5) is 18.9 Å². The van der Waals surface area contributed by atoms with Crippen molar-refractivity contribution in [3.63, 3.8) is 0 Å². The molecular weight excluding hydrogens is 360 g/mol. The Balaban J connectivity index is 3.28. The molecule has 0 fully saturated rings. The van der Waals surface area contributed by atoms with Crippen LogP contribution >= 0.6 is 22.6 Å². The standard InChI is InChI=1S/C7H4F3IN2O4/c1-16-4-2-3(13(14)15)6(12-5(4)11)17-7(8,9)10/h2H,1H3. The third-order valence-corrected chi connectivity index (χ3v) is 2.29. The normalized spacial score (nSPS) is 11.1. The Kier molecular flexibility index (Phi) is 3.95. The number of methoxy groups -OCH3 is 1. The fourth-order valence-electron chi connectivity index (χ4n) is 0.906. The molecule has 0 unspecified atom stereocenters. The number of aromatic nitrogens is 1. The second-order valence-corrected chi connectivity index (χ2v) is 3.63. The summed E-state index contributed by atoms with van der Waals surface area (Å²) >= 11 is 1.57. The predicted molar refractivity (Wildman–Crippen MR) is 56.8 cm³/mol. The van der Waals surface area contributed by atoms with E-state index >= 15 is 0 Å². The molecule has 1 aromatic heterocycles. The van der Waals surface area contributed by atoms with Crippen molar-refractivity contribution in [2.24, 2.45) is 0 Å². The summed E-state index contributed by atoms with van der Waals surface area (Å²) in [7, 11) is 1.22. The van der Waals surface area contributed by atoms with Gasteiger partial charge in [0.15, 0.2) is 5.75 Å². The zero-order valence-electron chi connectivity index (χ0n) is 8.12. The molecule has 0 saturated carbocycles. The fraction of sp³-hybridized carbons (Fsp3) is 0.286. The molecule has 0 N–H and O–H groups in total. The number of pyridine rings is 1. The van der Waals surface area contributed by atoms with Gasteiger partial charge < -0.3 is 9.47 Å². The molecule has 17 heavy (non-hydrogen) atoms. The molecule has 1 heterocycles. The Labute approximate surface area is 106 Å². The maximum Gasteiger partial charge on any atom is 0.574 e. The molecule has 0 aliphatic heterocycles. The molecular formula is C7H4F3IN2O4. The van der Waals surface area contributed by atoms with Crippen LogP contribution in [-0.4, -0.2) is 23.4 Å². The van der Waals surface area contributed by atoms with Crippen molar-refractivity contribution >= 4 is 28.3 Å². The smallest absolute Gasteiger partial charge is 0.494 e. The quantitative estimate of drug-likeness (QED) is 0.357. The Morgan fingerprint density at radius 2 is 2.12 bits per heavy atom. The van der Waals surface area contributed by atoms with Gasteiger partial charge in [-0.1, -0.05) is 0 Å². The van der Waals surface area contributed by atoms with Crippen molar-refractivity contribution in [3.8, 4) is 11.6 Å². The first-order valence-corrected chi connectivity index (χ1v) is 4.97. The minimum Gasteiger partial charge on any atom is -0.494 e. The van der Waals surface area contributed by atoms with Crippen molar-refractivity contribution in [1.29, 1.82) is 0 Å². The van der Waals surface area contributed by atoms with E-state index in [-0.39, 0.29) is 9.45 Å². The van der Waals surface area contributed by atoms with E-state index in [1.165, 1.54) is 7.11 Å². The van der Waals surface area contributed by atoms with Gasteiger partial charge in [0.25, 0.3) is 0 Å². The maximum atomic E-state index is 12.0. The lowest BCUT2D eigenvalue weighted by atomic mass is 10.4. The highest BCUT2D eigenvalue weighted by Crippen LogP contribution is 2.34. The molecule has 0 amide bonds. The van der Waals surface area contributed by atoms with Gasteiger partial charge in [0.05, 0.1) is 18.1 Å². The van der Waals surface area contributed by atoms with Gasteiger partial charge in [-0.2, -0.15) is 4.98 Å². The summed E-state index contributed by atoms with van der Waals surface area (Å²) in [5.41, 5.74) is -0.917. The highest BCUT2D eigenvalue weighted by Gasteiger charge is 2.36. The van der Waals surface area contributed by atoms with Crippen LogP contribution in [0.2, 0.25) is 0 Å². The highest BCUT2D eigenvalue weighted by molar-refractivity contribution is 14.1. The van der Waals surface area contributed by atoms with E-state index in [9.17, 15) is 23.3 Å². The predicted octanol–water partition coefficient (Wildman–Crippen LogP) is 2.50. The SMILES string of the molecule is COc1cc([N+](=O)[O-])c(OC(F)(F)F)nc1I. The van der Waals surface area contributed by atoms with Gasteiger partial charge in [-0.05, 0) is 22.6 Å². The van der Waals surface area contributed by atoms with E-state index in [4.69, 9.17) is 4.74 Å². The number of halogens is 4. The van der Waals surface area contributed by atoms with Gasteiger partial charge >= 0.3 is 17.9 Å². The van der Waals surface area contributed by atoms with Crippen LogP contribution in [0.15, 0.2) is 6.07 Å². The van der Waals surface area contributed by atoms with E-state index in [0.29, 0.717) is 0 Å². The number of hydrogen-bond donors (Lipinski definition) is 0. The van der Waals surface area contributed by atoms with Crippen LogP contribution in [-0.2, 0) is 0 Å². The zero-order chi connectivity index (χ0) is 13.2. The highest BCUT2D eigenvalue weighted by atomic mass is 127. The molecule has 0 atom stereocenters. The van der Waals surface area contributed by atoms with Crippen LogP contribution < -0.4 is 9.47 Å². The summed E-state index contributed by atoms with van der Waals surface area (Å²) in [6.07, 6.45) is -5.05. The van der Waals surface area contributed by atoms with Crippen molar-refractivity contribution in [2.75, 3.05) is 7.11 Å². The second-order valence-electron chi connectivity index (χ2n) is 2.61. The van der Waals surface area contributed by atoms with E-state index in [1.54, 1.807) is 22.6 Å². The number of nitrogens with zero attached hydrogens (tertiary/aromatic N) is 2. The van der Waals surface area contributed by atoms with E-state index in [0.717, 1.165) is 6.07 Å². The van der Waals surface area contributed by atoms with Crippen molar-refractivity contribution < 1.29 is 27.6 Å². The van der Waals surface area contributed by atoms with Crippen LogP contribution in [0.25, 0.3) is 0 Å². The minimum absolute atomic E-state index is 0.00757. The van der Waals surface area contributed by atoms with E-state index in [2.05, 4.69) is 9.72 Å². The average molecular weight is 364 g/mol.